The minimum atomic E-state index is -3.49. The molecular weight excluding hydrogens is 304 g/mol. The summed E-state index contributed by atoms with van der Waals surface area (Å²) in [6, 6.07) is 5.19. The van der Waals surface area contributed by atoms with Crippen molar-refractivity contribution in [2.75, 3.05) is 26.3 Å². The molecule has 0 unspecified atom stereocenters. The number of ether oxygens (including phenoxy) is 2. The summed E-state index contributed by atoms with van der Waals surface area (Å²) >= 11 is 0. The van der Waals surface area contributed by atoms with Gasteiger partial charge >= 0.3 is 0 Å². The van der Waals surface area contributed by atoms with Crippen LogP contribution in [0.3, 0.4) is 0 Å². The standard InChI is InChI=1S/C15H24N2O4S/c1-4-17(5-2)22(18,19)16-12(3)13-7-8-14-15(11-13)21-10-6-9-20-14/h7-8,11-12,16H,4-6,9-10H2,1-3H3/t12-/m1/s1. The van der Waals surface area contributed by atoms with Crippen molar-refractivity contribution < 1.29 is 17.9 Å². The molecule has 0 saturated heterocycles. The Hall–Kier alpha value is -1.31. The number of hydrogen-bond donors (Lipinski definition) is 1. The minimum absolute atomic E-state index is 0.345. The highest BCUT2D eigenvalue weighted by Crippen LogP contribution is 2.32. The Morgan fingerprint density at radius 1 is 1.18 bits per heavy atom. The van der Waals surface area contributed by atoms with Crippen LogP contribution in [0.1, 0.15) is 38.8 Å². The van der Waals surface area contributed by atoms with Crippen LogP contribution in [0, 0.1) is 0 Å². The van der Waals surface area contributed by atoms with Crippen LogP contribution < -0.4 is 14.2 Å². The predicted octanol–water partition coefficient (Wildman–Crippen LogP) is 2.09. The van der Waals surface area contributed by atoms with Crippen molar-refractivity contribution in [1.29, 1.82) is 0 Å². The smallest absolute Gasteiger partial charge is 0.279 e. The first-order valence-electron chi connectivity index (χ1n) is 7.65. The molecule has 1 N–H and O–H groups in total. The van der Waals surface area contributed by atoms with Gasteiger partial charge in [-0.05, 0) is 24.6 Å². The molecule has 0 radical (unpaired) electrons. The van der Waals surface area contributed by atoms with Gasteiger partial charge in [0.25, 0.3) is 10.2 Å². The van der Waals surface area contributed by atoms with Gasteiger partial charge in [0.1, 0.15) is 0 Å². The maximum Gasteiger partial charge on any atom is 0.279 e. The summed E-state index contributed by atoms with van der Waals surface area (Å²) in [7, 11) is -3.49. The van der Waals surface area contributed by atoms with E-state index in [0.717, 1.165) is 12.0 Å². The molecule has 0 amide bonds. The highest BCUT2D eigenvalue weighted by molar-refractivity contribution is 7.87. The third-order valence-electron chi connectivity index (χ3n) is 3.64. The number of hydrogen-bond acceptors (Lipinski definition) is 4. The third kappa shape index (κ3) is 3.91. The predicted molar refractivity (Wildman–Crippen MR) is 85.4 cm³/mol. The fraction of sp³-hybridized carbons (Fsp3) is 0.600. The van der Waals surface area contributed by atoms with Crippen LogP contribution >= 0.6 is 0 Å². The minimum Gasteiger partial charge on any atom is -0.490 e. The number of nitrogens with one attached hydrogen (secondary N) is 1. The van der Waals surface area contributed by atoms with Crippen molar-refractivity contribution in [3.8, 4) is 11.5 Å². The Labute approximate surface area is 132 Å². The van der Waals surface area contributed by atoms with E-state index in [9.17, 15) is 8.42 Å². The SMILES string of the molecule is CCN(CC)S(=O)(=O)N[C@H](C)c1ccc2c(c1)OCCCO2. The highest BCUT2D eigenvalue weighted by atomic mass is 32.2. The molecule has 0 bridgehead atoms. The molecule has 1 atom stereocenters. The molecule has 124 valence electrons. The number of fused-ring (bicyclic) bond motifs is 1. The summed E-state index contributed by atoms with van der Waals surface area (Å²) in [6.45, 7) is 7.59. The Bertz CT molecular complexity index is 600. The maximum absolute atomic E-state index is 12.3. The molecule has 22 heavy (non-hydrogen) atoms. The van der Waals surface area contributed by atoms with Gasteiger partial charge in [-0.2, -0.15) is 17.4 Å². The van der Waals surface area contributed by atoms with E-state index in [1.165, 1.54) is 4.31 Å². The average molecular weight is 328 g/mol. The molecular formula is C15H24N2O4S. The third-order valence-corrected chi connectivity index (χ3v) is 5.49. The summed E-state index contributed by atoms with van der Waals surface area (Å²) in [5, 5.41) is 0. The molecule has 0 saturated carbocycles. The van der Waals surface area contributed by atoms with Gasteiger partial charge < -0.3 is 9.47 Å². The fourth-order valence-corrected chi connectivity index (χ4v) is 3.79. The molecule has 2 rings (SSSR count). The second kappa shape index (κ2) is 7.30. The summed E-state index contributed by atoms with van der Waals surface area (Å²) in [5.41, 5.74) is 0.847. The second-order valence-corrected chi connectivity index (χ2v) is 6.89. The zero-order chi connectivity index (χ0) is 16.2. The van der Waals surface area contributed by atoms with Gasteiger partial charge in [-0.3, -0.25) is 0 Å². The van der Waals surface area contributed by atoms with Crippen LogP contribution in [0.2, 0.25) is 0 Å². The fourth-order valence-electron chi connectivity index (χ4n) is 2.38. The Morgan fingerprint density at radius 3 is 2.45 bits per heavy atom. The summed E-state index contributed by atoms with van der Waals surface area (Å²) in [5.74, 6) is 1.38. The zero-order valence-corrected chi connectivity index (χ0v) is 14.1. The van der Waals surface area contributed by atoms with E-state index in [2.05, 4.69) is 4.72 Å². The summed E-state index contributed by atoms with van der Waals surface area (Å²) in [4.78, 5) is 0. The van der Waals surface area contributed by atoms with Gasteiger partial charge in [-0.25, -0.2) is 0 Å². The lowest BCUT2D eigenvalue weighted by Crippen LogP contribution is -2.41. The number of nitrogens with zero attached hydrogens (tertiary/aromatic N) is 1. The first kappa shape index (κ1) is 17.1. The topological polar surface area (TPSA) is 67.9 Å². The molecule has 0 aliphatic carbocycles. The normalized spacial score (nSPS) is 16.4. The highest BCUT2D eigenvalue weighted by Gasteiger charge is 2.22. The Morgan fingerprint density at radius 2 is 1.82 bits per heavy atom. The molecule has 1 aromatic rings. The van der Waals surface area contributed by atoms with Crippen molar-refractivity contribution in [1.82, 2.24) is 9.03 Å². The number of benzene rings is 1. The molecule has 0 spiro atoms. The van der Waals surface area contributed by atoms with Crippen LogP contribution in [0.25, 0.3) is 0 Å². The van der Waals surface area contributed by atoms with Gasteiger partial charge in [0, 0.05) is 25.6 Å². The quantitative estimate of drug-likeness (QED) is 0.868. The lowest BCUT2D eigenvalue weighted by molar-refractivity contribution is 0.297. The van der Waals surface area contributed by atoms with E-state index in [0.29, 0.717) is 37.8 Å². The van der Waals surface area contributed by atoms with Crippen LogP contribution in [0.4, 0.5) is 0 Å². The van der Waals surface area contributed by atoms with Crippen molar-refractivity contribution >= 4 is 10.2 Å². The molecule has 1 heterocycles. The lowest BCUT2D eigenvalue weighted by Gasteiger charge is -2.22. The van der Waals surface area contributed by atoms with Crippen molar-refractivity contribution in [3.05, 3.63) is 23.8 Å². The first-order valence-corrected chi connectivity index (χ1v) is 9.09. The lowest BCUT2D eigenvalue weighted by atomic mass is 10.1. The zero-order valence-electron chi connectivity index (χ0n) is 13.3. The van der Waals surface area contributed by atoms with E-state index < -0.39 is 10.2 Å². The van der Waals surface area contributed by atoms with Crippen LogP contribution in [0.15, 0.2) is 18.2 Å². The summed E-state index contributed by atoms with van der Waals surface area (Å²) < 4.78 is 39.9. The largest absolute Gasteiger partial charge is 0.490 e. The maximum atomic E-state index is 12.3. The molecule has 1 aromatic carbocycles. The van der Waals surface area contributed by atoms with Crippen LogP contribution in [-0.2, 0) is 10.2 Å². The molecule has 1 aliphatic rings. The average Bonchev–Trinajstić information content (AvgIpc) is 2.72. The van der Waals surface area contributed by atoms with Gasteiger partial charge in [-0.15, -0.1) is 0 Å². The summed E-state index contributed by atoms with van der Waals surface area (Å²) in [6.07, 6.45) is 0.841. The van der Waals surface area contributed by atoms with Gasteiger partial charge in [0.05, 0.1) is 13.2 Å². The van der Waals surface area contributed by atoms with Crippen LogP contribution in [0.5, 0.6) is 11.5 Å². The Kier molecular flexibility index (Phi) is 5.66. The monoisotopic (exact) mass is 328 g/mol. The van der Waals surface area contributed by atoms with Crippen molar-refractivity contribution in [2.45, 2.75) is 33.2 Å². The van der Waals surface area contributed by atoms with Gasteiger partial charge in [-0.1, -0.05) is 19.9 Å². The molecule has 7 heteroatoms. The number of rotatable bonds is 6. The van der Waals surface area contributed by atoms with E-state index in [4.69, 9.17) is 9.47 Å². The molecule has 0 fully saturated rings. The molecule has 1 aliphatic heterocycles. The van der Waals surface area contributed by atoms with Crippen molar-refractivity contribution in [3.63, 3.8) is 0 Å². The molecule has 0 aromatic heterocycles. The molecule has 6 nitrogen and oxygen atoms in total. The second-order valence-electron chi connectivity index (χ2n) is 5.19. The van der Waals surface area contributed by atoms with E-state index in [-0.39, 0.29) is 6.04 Å². The van der Waals surface area contributed by atoms with Gasteiger partial charge in [0.15, 0.2) is 11.5 Å². The van der Waals surface area contributed by atoms with E-state index in [1.54, 1.807) is 0 Å². The Balaban J connectivity index is 2.16. The van der Waals surface area contributed by atoms with Crippen molar-refractivity contribution in [2.24, 2.45) is 0 Å². The van der Waals surface area contributed by atoms with E-state index in [1.807, 2.05) is 39.0 Å². The van der Waals surface area contributed by atoms with Gasteiger partial charge in [0.2, 0.25) is 0 Å². The van der Waals surface area contributed by atoms with E-state index >= 15 is 0 Å². The first-order chi connectivity index (χ1) is 10.5. The van der Waals surface area contributed by atoms with Crippen LogP contribution in [-0.4, -0.2) is 39.0 Å².